The maximum Gasteiger partial charge on any atom is 0.123 e. The molecule has 7 aromatic carbocycles. The Hall–Kier alpha value is -6.70. The van der Waals surface area contributed by atoms with Crippen LogP contribution in [0.3, 0.4) is 0 Å². The van der Waals surface area contributed by atoms with Gasteiger partial charge in [0.25, 0.3) is 0 Å². The topological polar surface area (TPSA) is 75.6 Å². The molecule has 0 aliphatic heterocycles. The van der Waals surface area contributed by atoms with Gasteiger partial charge in [-0.2, -0.15) is 0 Å². The third-order valence-electron chi connectivity index (χ3n) is 10.2. The Morgan fingerprint density at radius 1 is 0.274 bits per heavy atom. The lowest BCUT2D eigenvalue weighted by atomic mass is 10.1. The van der Waals surface area contributed by atoms with Crippen LogP contribution in [0.2, 0.25) is 0 Å². The summed E-state index contributed by atoms with van der Waals surface area (Å²) in [7, 11) is 0. The number of aliphatic hydroxyl groups excluding tert-OH is 1. The van der Waals surface area contributed by atoms with E-state index >= 15 is 0 Å². The van der Waals surface area contributed by atoms with Crippen molar-refractivity contribution in [3.63, 3.8) is 0 Å². The molecule has 0 bridgehead atoms. The van der Waals surface area contributed by atoms with Crippen molar-refractivity contribution < 1.29 is 33.5 Å². The van der Waals surface area contributed by atoms with Crippen LogP contribution in [0.5, 0.6) is 34.5 Å². The molecule has 0 heterocycles. The van der Waals surface area contributed by atoms with Gasteiger partial charge in [-0.05, 0) is 114 Å². The molecule has 7 nitrogen and oxygen atoms in total. The summed E-state index contributed by atoms with van der Waals surface area (Å²) >= 11 is 0. The molecule has 0 aliphatic carbocycles. The van der Waals surface area contributed by atoms with Crippen molar-refractivity contribution in [2.24, 2.45) is 0 Å². The quantitative estimate of drug-likeness (QED) is 0.0575. The third-order valence-corrected chi connectivity index (χ3v) is 10.2. The molecule has 1 N–H and O–H groups in total. The molecule has 7 heteroatoms. The minimum atomic E-state index is 0.123. The molecule has 0 spiro atoms. The first kappa shape index (κ1) is 43.4. The minimum Gasteiger partial charge on any atom is -0.493 e. The number of aliphatic hydroxyl groups is 1. The van der Waals surface area contributed by atoms with E-state index in [0.29, 0.717) is 46.1 Å². The van der Waals surface area contributed by atoms with Crippen molar-refractivity contribution in [2.45, 2.75) is 65.0 Å². The highest BCUT2D eigenvalue weighted by Crippen LogP contribution is 2.29. The first-order valence-corrected chi connectivity index (χ1v) is 21.6. The van der Waals surface area contributed by atoms with E-state index in [1.165, 1.54) is 0 Å². The molecule has 62 heavy (non-hydrogen) atoms. The van der Waals surface area contributed by atoms with Gasteiger partial charge < -0.3 is 33.5 Å². The largest absolute Gasteiger partial charge is 0.493 e. The van der Waals surface area contributed by atoms with Crippen LogP contribution >= 0.6 is 0 Å². The first-order chi connectivity index (χ1) is 30.6. The Bertz CT molecular complexity index is 2070. The summed E-state index contributed by atoms with van der Waals surface area (Å²) < 4.78 is 37.6. The summed E-state index contributed by atoms with van der Waals surface area (Å²) in [4.78, 5) is 0. The zero-order valence-electron chi connectivity index (χ0n) is 35.3. The van der Waals surface area contributed by atoms with E-state index in [1.807, 2.05) is 103 Å². The third kappa shape index (κ3) is 14.8. The van der Waals surface area contributed by atoms with E-state index in [1.54, 1.807) is 0 Å². The zero-order valence-corrected chi connectivity index (χ0v) is 35.3. The van der Waals surface area contributed by atoms with Crippen molar-refractivity contribution in [3.8, 4) is 34.5 Å². The average Bonchev–Trinajstić information content (AvgIpc) is 3.32. The van der Waals surface area contributed by atoms with Gasteiger partial charge in [0, 0.05) is 24.8 Å². The van der Waals surface area contributed by atoms with Gasteiger partial charge in [-0.15, -0.1) is 0 Å². The van der Waals surface area contributed by atoms with E-state index in [4.69, 9.17) is 28.4 Å². The number of hydrogen-bond donors (Lipinski definition) is 1. The molecule has 7 rings (SSSR count). The maximum atomic E-state index is 9.58. The number of rotatable bonds is 25. The predicted molar refractivity (Wildman–Crippen MR) is 245 cm³/mol. The van der Waals surface area contributed by atoms with Crippen molar-refractivity contribution in [3.05, 3.63) is 215 Å². The van der Waals surface area contributed by atoms with Crippen molar-refractivity contribution in [2.75, 3.05) is 19.8 Å². The lowest BCUT2D eigenvalue weighted by molar-refractivity contribution is 0.285. The van der Waals surface area contributed by atoms with Crippen LogP contribution in [0.25, 0.3) is 0 Å². The Labute approximate surface area is 366 Å². The fourth-order valence-corrected chi connectivity index (χ4v) is 7.00. The van der Waals surface area contributed by atoms with Crippen molar-refractivity contribution >= 4 is 0 Å². The van der Waals surface area contributed by atoms with Gasteiger partial charge in [-0.3, -0.25) is 0 Å². The highest BCUT2D eigenvalue weighted by atomic mass is 16.5. The second-order valence-corrected chi connectivity index (χ2v) is 15.3. The van der Waals surface area contributed by atoms with Crippen LogP contribution in [0.15, 0.2) is 176 Å². The molecule has 0 atom stereocenters. The number of benzene rings is 7. The highest BCUT2D eigenvalue weighted by molar-refractivity contribution is 5.41. The van der Waals surface area contributed by atoms with Gasteiger partial charge in [0.2, 0.25) is 0 Å². The summed E-state index contributed by atoms with van der Waals surface area (Å²) in [5.74, 6) is 4.60. The lowest BCUT2D eigenvalue weighted by Gasteiger charge is -2.15. The van der Waals surface area contributed by atoms with E-state index in [9.17, 15) is 5.11 Å². The monoisotopic (exact) mass is 828 g/mol. The molecule has 0 aromatic heterocycles. The summed E-state index contributed by atoms with van der Waals surface area (Å²) in [6, 6.07) is 59.0. The number of hydrogen-bond acceptors (Lipinski definition) is 7. The maximum absolute atomic E-state index is 9.58. The van der Waals surface area contributed by atoms with E-state index in [2.05, 4.69) is 72.8 Å². The molecule has 0 unspecified atom stereocenters. The molecular weight excluding hydrogens is 773 g/mol. The molecule has 0 saturated carbocycles. The summed E-state index contributed by atoms with van der Waals surface area (Å²) in [5.41, 5.74) is 7.73. The Morgan fingerprint density at radius 2 is 0.532 bits per heavy atom. The molecule has 318 valence electrons. The van der Waals surface area contributed by atoms with Gasteiger partial charge in [0.05, 0.1) is 13.2 Å². The molecule has 0 aliphatic rings. The van der Waals surface area contributed by atoms with Crippen LogP contribution in [-0.4, -0.2) is 24.9 Å². The van der Waals surface area contributed by atoms with Crippen LogP contribution in [0, 0.1) is 0 Å². The molecule has 0 saturated heterocycles. The second kappa shape index (κ2) is 23.9. The fourth-order valence-electron chi connectivity index (χ4n) is 7.00. The second-order valence-electron chi connectivity index (χ2n) is 15.3. The smallest absolute Gasteiger partial charge is 0.123 e. The van der Waals surface area contributed by atoms with Gasteiger partial charge >= 0.3 is 0 Å². The Morgan fingerprint density at radius 3 is 0.806 bits per heavy atom. The summed E-state index contributed by atoms with van der Waals surface area (Å²) in [6.45, 7) is 3.08. The molecule has 7 aromatic rings. The molecule has 0 radical (unpaired) electrons. The van der Waals surface area contributed by atoms with E-state index < -0.39 is 0 Å². The highest BCUT2D eigenvalue weighted by Gasteiger charge is 2.10. The van der Waals surface area contributed by atoms with E-state index in [-0.39, 0.29) is 6.61 Å². The predicted octanol–water partition coefficient (Wildman–Crippen LogP) is 12.0. The van der Waals surface area contributed by atoms with Gasteiger partial charge in [0.1, 0.15) is 60.9 Å². The van der Waals surface area contributed by atoms with Crippen LogP contribution in [0.4, 0.5) is 0 Å². The van der Waals surface area contributed by atoms with Crippen LogP contribution in [0.1, 0.15) is 58.2 Å². The SMILES string of the molecule is OCCCc1cc(OCCCc2cc(OCc3ccccc3)cc(OCc3ccccc3)c2)cc(OCCCc2cc(OCc3ccccc3)cc(OCc3ccccc3)c2)c1. The Balaban J connectivity index is 0.945. The lowest BCUT2D eigenvalue weighted by Crippen LogP contribution is -2.04. The van der Waals surface area contributed by atoms with E-state index in [0.717, 1.165) is 106 Å². The number of aryl methyl sites for hydroxylation is 3. The minimum absolute atomic E-state index is 0.123. The summed E-state index contributed by atoms with van der Waals surface area (Å²) in [6.07, 6.45) is 4.56. The molecule has 0 fully saturated rings. The van der Waals surface area contributed by atoms with Gasteiger partial charge in [0.15, 0.2) is 0 Å². The van der Waals surface area contributed by atoms with Gasteiger partial charge in [-0.25, -0.2) is 0 Å². The number of ether oxygens (including phenoxy) is 6. The van der Waals surface area contributed by atoms with Crippen molar-refractivity contribution in [1.82, 2.24) is 0 Å². The van der Waals surface area contributed by atoms with Crippen LogP contribution in [-0.2, 0) is 45.7 Å². The normalized spacial score (nSPS) is 10.9. The molecule has 0 amide bonds. The van der Waals surface area contributed by atoms with Gasteiger partial charge in [-0.1, -0.05) is 121 Å². The standard InChI is InChI=1S/C55H56O7/c56-27-13-24-47-30-50(57-28-14-25-48-32-52(59-39-43-16-5-1-6-17-43)37-53(33-48)60-40-44-18-7-2-8-19-44)36-51(31-47)58-29-15-26-49-34-54(61-41-45-20-9-3-10-21-45)38-55(35-49)62-42-46-22-11-4-12-23-46/h1-12,16-23,30-38,56H,13-15,24-29,39-42H2. The average molecular weight is 829 g/mol. The molecular formula is C55H56O7. The Kier molecular flexibility index (Phi) is 16.7. The van der Waals surface area contributed by atoms with Crippen LogP contribution < -0.4 is 28.4 Å². The zero-order chi connectivity index (χ0) is 42.4. The first-order valence-electron chi connectivity index (χ1n) is 21.6. The fraction of sp³-hybridized carbons (Fsp3) is 0.236. The summed E-state index contributed by atoms with van der Waals surface area (Å²) in [5, 5.41) is 9.58. The van der Waals surface area contributed by atoms with Crippen molar-refractivity contribution in [1.29, 1.82) is 0 Å².